The first-order chi connectivity index (χ1) is 12.2. The van der Waals surface area contributed by atoms with E-state index in [4.69, 9.17) is 0 Å². The maximum atomic E-state index is 14.1. The number of carbonyl (C=O) groups is 1. The van der Waals surface area contributed by atoms with Gasteiger partial charge in [0.05, 0.1) is 6.20 Å². The van der Waals surface area contributed by atoms with Crippen molar-refractivity contribution < 1.29 is 9.18 Å². The Kier molecular flexibility index (Phi) is 3.43. The van der Waals surface area contributed by atoms with Crippen molar-refractivity contribution in [2.45, 2.75) is 44.2 Å². The fourth-order valence-electron chi connectivity index (χ4n) is 4.71. The third-order valence-electron chi connectivity index (χ3n) is 6.03. The van der Waals surface area contributed by atoms with Gasteiger partial charge in [0, 0.05) is 42.4 Å². The van der Waals surface area contributed by atoms with Crippen molar-refractivity contribution in [3.05, 3.63) is 36.3 Å². The molecule has 2 unspecified atom stereocenters. The number of pyridine rings is 1. The number of fused-ring (bicyclic) bond motifs is 2. The minimum atomic E-state index is -0.266. The van der Waals surface area contributed by atoms with Crippen molar-refractivity contribution >= 4 is 22.5 Å². The Labute approximate surface area is 146 Å². The number of nitrogens with zero attached hydrogens (tertiary/aromatic N) is 3. The van der Waals surface area contributed by atoms with Crippen LogP contribution in [-0.2, 0) is 4.79 Å². The van der Waals surface area contributed by atoms with Crippen LogP contribution in [0.5, 0.6) is 0 Å². The quantitative estimate of drug-likeness (QED) is 0.842. The summed E-state index contributed by atoms with van der Waals surface area (Å²) in [4.78, 5) is 21.3. The number of carbonyl (C=O) groups excluding carboxylic acids is 1. The molecule has 3 fully saturated rings. The zero-order valence-corrected chi connectivity index (χ0v) is 14.2. The van der Waals surface area contributed by atoms with Gasteiger partial charge >= 0.3 is 0 Å². The number of hydrogen-bond donors (Lipinski definition) is 0. The Morgan fingerprint density at radius 2 is 1.88 bits per heavy atom. The molecule has 3 heterocycles. The number of benzene rings is 1. The second kappa shape index (κ2) is 5.68. The molecule has 3 aliphatic rings. The molecule has 1 aromatic carbocycles. The van der Waals surface area contributed by atoms with Crippen LogP contribution in [0.1, 0.15) is 32.1 Å². The molecule has 4 nitrogen and oxygen atoms in total. The van der Waals surface area contributed by atoms with Crippen LogP contribution in [0.4, 0.5) is 10.2 Å². The summed E-state index contributed by atoms with van der Waals surface area (Å²) in [5.41, 5.74) is 0. The lowest BCUT2D eigenvalue weighted by Gasteiger charge is -2.47. The number of piperidine rings is 2. The highest BCUT2D eigenvalue weighted by molar-refractivity contribution is 5.92. The summed E-state index contributed by atoms with van der Waals surface area (Å²) in [7, 11) is 0. The van der Waals surface area contributed by atoms with Gasteiger partial charge in [0.15, 0.2) is 0 Å². The molecule has 0 radical (unpaired) electrons. The van der Waals surface area contributed by atoms with E-state index >= 15 is 0 Å². The number of anilines is 1. The zero-order valence-electron chi connectivity index (χ0n) is 14.2. The maximum absolute atomic E-state index is 14.1. The van der Waals surface area contributed by atoms with Gasteiger partial charge in [0.25, 0.3) is 0 Å². The molecule has 1 aliphatic carbocycles. The van der Waals surface area contributed by atoms with Crippen LogP contribution in [0.15, 0.2) is 30.5 Å². The Balaban J connectivity index is 1.45. The summed E-state index contributed by atoms with van der Waals surface area (Å²) in [5.74, 6) is 1.46. The Bertz CT molecular complexity index is 835. The smallest absolute Gasteiger partial charge is 0.223 e. The zero-order chi connectivity index (χ0) is 17.0. The molecule has 0 bridgehead atoms. The van der Waals surface area contributed by atoms with Gasteiger partial charge in [-0.1, -0.05) is 24.3 Å². The summed E-state index contributed by atoms with van der Waals surface area (Å²) in [6.45, 7) is 1.78. The van der Waals surface area contributed by atoms with E-state index in [1.165, 1.54) is 19.0 Å². The van der Waals surface area contributed by atoms with E-state index < -0.39 is 0 Å². The fraction of sp³-hybridized carbons (Fsp3) is 0.500. The van der Waals surface area contributed by atoms with Crippen LogP contribution in [0.25, 0.3) is 10.8 Å². The molecule has 1 aromatic heterocycles. The van der Waals surface area contributed by atoms with E-state index in [1.54, 1.807) is 0 Å². The lowest BCUT2D eigenvalue weighted by molar-refractivity contribution is -0.140. The first kappa shape index (κ1) is 15.1. The van der Waals surface area contributed by atoms with Crippen LogP contribution in [-0.4, -0.2) is 41.0 Å². The Morgan fingerprint density at radius 3 is 2.68 bits per heavy atom. The van der Waals surface area contributed by atoms with Gasteiger partial charge in [-0.05, 0) is 31.6 Å². The molecule has 1 saturated carbocycles. The monoisotopic (exact) mass is 339 g/mol. The third kappa shape index (κ3) is 2.48. The SMILES string of the molecule is O=C1CCC2CN(c3ncc(F)c4ccccc34)CCC2N1C1CC1. The third-order valence-corrected chi connectivity index (χ3v) is 6.03. The van der Waals surface area contributed by atoms with Crippen molar-refractivity contribution in [1.29, 1.82) is 0 Å². The molecule has 130 valence electrons. The van der Waals surface area contributed by atoms with Crippen LogP contribution >= 0.6 is 0 Å². The van der Waals surface area contributed by atoms with Crippen molar-refractivity contribution in [1.82, 2.24) is 9.88 Å². The fourth-order valence-corrected chi connectivity index (χ4v) is 4.71. The van der Waals surface area contributed by atoms with Gasteiger partial charge in [0.2, 0.25) is 5.91 Å². The molecule has 5 rings (SSSR count). The Morgan fingerprint density at radius 1 is 1.08 bits per heavy atom. The number of amides is 1. The van der Waals surface area contributed by atoms with Crippen molar-refractivity contribution in [3.8, 4) is 0 Å². The van der Waals surface area contributed by atoms with E-state index in [9.17, 15) is 9.18 Å². The normalized spacial score (nSPS) is 26.8. The first-order valence-electron chi connectivity index (χ1n) is 9.32. The molecular formula is C20H22FN3O. The predicted molar refractivity (Wildman–Crippen MR) is 94.9 cm³/mol. The number of likely N-dealkylation sites (tertiary alicyclic amines) is 1. The highest BCUT2D eigenvalue weighted by Crippen LogP contribution is 2.40. The van der Waals surface area contributed by atoms with E-state index in [-0.39, 0.29) is 5.82 Å². The van der Waals surface area contributed by atoms with E-state index in [1.807, 2.05) is 24.3 Å². The number of hydrogen-bond acceptors (Lipinski definition) is 3. The number of aromatic nitrogens is 1. The molecule has 2 aliphatic heterocycles. The number of rotatable bonds is 2. The first-order valence-corrected chi connectivity index (χ1v) is 9.32. The molecule has 5 heteroatoms. The molecule has 0 N–H and O–H groups in total. The lowest BCUT2D eigenvalue weighted by Crippen LogP contribution is -2.56. The second-order valence-electron chi connectivity index (χ2n) is 7.61. The van der Waals surface area contributed by atoms with Crippen LogP contribution in [0.2, 0.25) is 0 Å². The topological polar surface area (TPSA) is 36.4 Å². The Hall–Kier alpha value is -2.17. The minimum absolute atomic E-state index is 0.266. The molecule has 25 heavy (non-hydrogen) atoms. The van der Waals surface area contributed by atoms with Gasteiger partial charge in [-0.15, -0.1) is 0 Å². The molecular weight excluding hydrogens is 317 g/mol. The van der Waals surface area contributed by atoms with Gasteiger partial charge < -0.3 is 9.80 Å². The standard InChI is InChI=1S/C20H22FN3O/c21-17-11-22-20(16-4-2-1-3-15(16)17)23-10-9-18-13(12-23)5-8-19(25)24(18)14-6-7-14/h1-4,11,13-14,18H,5-10,12H2. The predicted octanol–water partition coefficient (Wildman–Crippen LogP) is 3.35. The highest BCUT2D eigenvalue weighted by atomic mass is 19.1. The lowest BCUT2D eigenvalue weighted by atomic mass is 9.83. The van der Waals surface area contributed by atoms with Crippen molar-refractivity contribution in [2.24, 2.45) is 5.92 Å². The summed E-state index contributed by atoms with van der Waals surface area (Å²) in [6.07, 6.45) is 6.29. The van der Waals surface area contributed by atoms with Gasteiger partial charge in [-0.3, -0.25) is 4.79 Å². The van der Waals surface area contributed by atoms with Crippen molar-refractivity contribution in [2.75, 3.05) is 18.0 Å². The second-order valence-corrected chi connectivity index (χ2v) is 7.61. The largest absolute Gasteiger partial charge is 0.356 e. The summed E-state index contributed by atoms with van der Waals surface area (Å²) >= 11 is 0. The molecule has 2 atom stereocenters. The summed E-state index contributed by atoms with van der Waals surface area (Å²) in [5, 5.41) is 1.51. The van der Waals surface area contributed by atoms with E-state index in [2.05, 4.69) is 14.8 Å². The van der Waals surface area contributed by atoms with Crippen LogP contribution in [0, 0.1) is 11.7 Å². The average Bonchev–Trinajstić information content (AvgIpc) is 3.47. The molecule has 0 spiro atoms. The summed E-state index contributed by atoms with van der Waals surface area (Å²) < 4.78 is 14.1. The van der Waals surface area contributed by atoms with Crippen molar-refractivity contribution in [3.63, 3.8) is 0 Å². The number of halogens is 1. The average molecular weight is 339 g/mol. The summed E-state index contributed by atoms with van der Waals surface area (Å²) in [6, 6.07) is 8.45. The highest BCUT2D eigenvalue weighted by Gasteiger charge is 2.45. The van der Waals surface area contributed by atoms with Gasteiger partial charge in [-0.2, -0.15) is 0 Å². The van der Waals surface area contributed by atoms with E-state index in [0.29, 0.717) is 35.7 Å². The van der Waals surface area contributed by atoms with E-state index in [0.717, 1.165) is 37.1 Å². The minimum Gasteiger partial charge on any atom is -0.356 e. The molecule has 1 amide bonds. The maximum Gasteiger partial charge on any atom is 0.223 e. The van der Waals surface area contributed by atoms with Gasteiger partial charge in [-0.25, -0.2) is 9.37 Å². The van der Waals surface area contributed by atoms with Crippen LogP contribution in [0.3, 0.4) is 0 Å². The van der Waals surface area contributed by atoms with Gasteiger partial charge in [0.1, 0.15) is 11.6 Å². The van der Waals surface area contributed by atoms with Crippen LogP contribution < -0.4 is 4.90 Å². The molecule has 2 saturated heterocycles. The molecule has 2 aromatic rings.